The molecule has 1 heterocycles. The molecule has 0 aromatic rings. The van der Waals surface area contributed by atoms with Crippen molar-refractivity contribution in [1.82, 2.24) is 10.2 Å². The number of carbonyl (C=O) groups excluding carboxylic acids is 1. The second-order valence-corrected chi connectivity index (χ2v) is 4.20. The first kappa shape index (κ1) is 14.4. The van der Waals surface area contributed by atoms with Crippen molar-refractivity contribution in [3.63, 3.8) is 0 Å². The summed E-state index contributed by atoms with van der Waals surface area (Å²) in [5, 5.41) is 3.23. The van der Waals surface area contributed by atoms with Gasteiger partial charge in [0.2, 0.25) is 5.91 Å². The third kappa shape index (κ3) is 5.02. The maximum Gasteiger partial charge on any atom is 0.239 e. The van der Waals surface area contributed by atoms with Crippen LogP contribution in [0.5, 0.6) is 0 Å². The van der Waals surface area contributed by atoms with Gasteiger partial charge in [0.15, 0.2) is 0 Å². The molecule has 1 saturated heterocycles. The Kier molecular flexibility index (Phi) is 7.16. The number of hydrogen-bond donors (Lipinski definition) is 1. The number of rotatable bonds is 8. The average molecular weight is 244 g/mol. The summed E-state index contributed by atoms with van der Waals surface area (Å²) in [6, 6.07) is 0.0122. The van der Waals surface area contributed by atoms with Crippen molar-refractivity contribution in [3.05, 3.63) is 0 Å². The van der Waals surface area contributed by atoms with E-state index < -0.39 is 0 Å². The van der Waals surface area contributed by atoms with Gasteiger partial charge in [-0.1, -0.05) is 6.92 Å². The smallest absolute Gasteiger partial charge is 0.239 e. The summed E-state index contributed by atoms with van der Waals surface area (Å²) >= 11 is 0. The van der Waals surface area contributed by atoms with Crippen molar-refractivity contribution in [2.75, 3.05) is 46.6 Å². The number of methoxy groups -OCH3 is 1. The Morgan fingerprint density at radius 3 is 2.94 bits per heavy atom. The molecule has 0 bridgehead atoms. The Morgan fingerprint density at radius 1 is 1.41 bits per heavy atom. The maximum atomic E-state index is 11.9. The van der Waals surface area contributed by atoms with Crippen molar-refractivity contribution in [1.29, 1.82) is 0 Å². The zero-order chi connectivity index (χ0) is 12.5. The quantitative estimate of drug-likeness (QED) is 0.622. The van der Waals surface area contributed by atoms with E-state index in [2.05, 4.69) is 5.32 Å². The Balaban J connectivity index is 2.11. The molecule has 100 valence electrons. The van der Waals surface area contributed by atoms with Crippen LogP contribution in [-0.4, -0.2) is 63.4 Å². The van der Waals surface area contributed by atoms with E-state index in [0.29, 0.717) is 19.8 Å². The molecule has 1 aliphatic heterocycles. The molecule has 1 fully saturated rings. The Hall–Kier alpha value is -0.650. The Bertz CT molecular complexity index is 224. The molecule has 0 radical (unpaired) electrons. The van der Waals surface area contributed by atoms with Crippen LogP contribution in [0.3, 0.4) is 0 Å². The third-order valence-electron chi connectivity index (χ3n) is 2.94. The van der Waals surface area contributed by atoms with Crippen molar-refractivity contribution >= 4 is 5.91 Å². The predicted octanol–water partition coefficient (Wildman–Crippen LogP) is 0.250. The highest BCUT2D eigenvalue weighted by Crippen LogP contribution is 2.05. The fourth-order valence-electron chi connectivity index (χ4n) is 1.93. The zero-order valence-corrected chi connectivity index (χ0v) is 10.9. The molecular formula is C12H24N2O3. The minimum Gasteiger partial charge on any atom is -0.382 e. The molecule has 0 saturated carbocycles. The van der Waals surface area contributed by atoms with E-state index >= 15 is 0 Å². The van der Waals surface area contributed by atoms with Crippen LogP contribution < -0.4 is 5.32 Å². The number of nitrogens with zero attached hydrogens (tertiary/aromatic N) is 1. The number of nitrogens with one attached hydrogen (secondary N) is 1. The highest BCUT2D eigenvalue weighted by molar-refractivity contribution is 5.82. The van der Waals surface area contributed by atoms with Crippen LogP contribution >= 0.6 is 0 Å². The fourth-order valence-corrected chi connectivity index (χ4v) is 1.93. The topological polar surface area (TPSA) is 50.8 Å². The average Bonchev–Trinajstić information content (AvgIpc) is 2.35. The summed E-state index contributed by atoms with van der Waals surface area (Å²) in [6.45, 7) is 6.49. The van der Waals surface area contributed by atoms with Gasteiger partial charge >= 0.3 is 0 Å². The molecule has 0 aliphatic carbocycles. The highest BCUT2D eigenvalue weighted by Gasteiger charge is 2.25. The monoisotopic (exact) mass is 244 g/mol. The van der Waals surface area contributed by atoms with E-state index in [1.807, 2.05) is 11.8 Å². The van der Waals surface area contributed by atoms with Crippen molar-refractivity contribution in [2.45, 2.75) is 25.8 Å². The third-order valence-corrected chi connectivity index (χ3v) is 2.94. The summed E-state index contributed by atoms with van der Waals surface area (Å²) in [6.07, 6.45) is 1.76. The lowest BCUT2D eigenvalue weighted by atomic mass is 10.1. The van der Waals surface area contributed by atoms with Crippen LogP contribution in [0.2, 0.25) is 0 Å². The Labute approximate surface area is 103 Å². The molecule has 5 nitrogen and oxygen atoms in total. The SMILES string of the molecule is CCC1NCCN(CCCOCCOC)C1=O. The first-order valence-electron chi connectivity index (χ1n) is 6.38. The zero-order valence-electron chi connectivity index (χ0n) is 10.9. The minimum absolute atomic E-state index is 0.0122. The van der Waals surface area contributed by atoms with E-state index in [1.165, 1.54) is 0 Å². The molecule has 17 heavy (non-hydrogen) atoms. The summed E-state index contributed by atoms with van der Waals surface area (Å²) in [7, 11) is 1.66. The van der Waals surface area contributed by atoms with Gasteiger partial charge in [0, 0.05) is 33.4 Å². The van der Waals surface area contributed by atoms with Gasteiger partial charge in [-0.15, -0.1) is 0 Å². The van der Waals surface area contributed by atoms with Gasteiger partial charge in [-0.25, -0.2) is 0 Å². The second kappa shape index (κ2) is 8.44. The van der Waals surface area contributed by atoms with Crippen LogP contribution in [0.4, 0.5) is 0 Å². The second-order valence-electron chi connectivity index (χ2n) is 4.20. The number of piperazine rings is 1. The van der Waals surface area contributed by atoms with Crippen LogP contribution in [0.15, 0.2) is 0 Å². The molecule has 1 aliphatic rings. The number of carbonyl (C=O) groups is 1. The fraction of sp³-hybridized carbons (Fsp3) is 0.917. The molecule has 0 aromatic carbocycles. The van der Waals surface area contributed by atoms with E-state index in [4.69, 9.17) is 9.47 Å². The molecule has 1 atom stereocenters. The lowest BCUT2D eigenvalue weighted by Crippen LogP contribution is -2.54. The van der Waals surface area contributed by atoms with Gasteiger partial charge in [-0.3, -0.25) is 4.79 Å². The number of hydrogen-bond acceptors (Lipinski definition) is 4. The first-order chi connectivity index (χ1) is 8.29. The lowest BCUT2D eigenvalue weighted by Gasteiger charge is -2.32. The largest absolute Gasteiger partial charge is 0.382 e. The Morgan fingerprint density at radius 2 is 2.24 bits per heavy atom. The highest BCUT2D eigenvalue weighted by atomic mass is 16.5. The van der Waals surface area contributed by atoms with Gasteiger partial charge < -0.3 is 19.7 Å². The van der Waals surface area contributed by atoms with Gasteiger partial charge in [-0.05, 0) is 12.8 Å². The van der Waals surface area contributed by atoms with E-state index in [-0.39, 0.29) is 11.9 Å². The van der Waals surface area contributed by atoms with Gasteiger partial charge in [-0.2, -0.15) is 0 Å². The summed E-state index contributed by atoms with van der Waals surface area (Å²) < 4.78 is 10.3. The first-order valence-corrected chi connectivity index (χ1v) is 6.38. The standard InChI is InChI=1S/C12H24N2O3/c1-3-11-12(15)14(7-5-13-11)6-4-8-17-10-9-16-2/h11,13H,3-10H2,1-2H3. The van der Waals surface area contributed by atoms with E-state index in [0.717, 1.165) is 32.5 Å². The van der Waals surface area contributed by atoms with Crippen LogP contribution in [-0.2, 0) is 14.3 Å². The molecular weight excluding hydrogens is 220 g/mol. The van der Waals surface area contributed by atoms with Crippen LogP contribution in [0.1, 0.15) is 19.8 Å². The number of amides is 1. The van der Waals surface area contributed by atoms with Crippen molar-refractivity contribution in [2.24, 2.45) is 0 Å². The summed E-state index contributed by atoms with van der Waals surface area (Å²) in [5.74, 6) is 0.232. The predicted molar refractivity (Wildman–Crippen MR) is 66.0 cm³/mol. The van der Waals surface area contributed by atoms with Gasteiger partial charge in [0.25, 0.3) is 0 Å². The molecule has 1 amide bonds. The molecule has 0 aromatic heterocycles. The minimum atomic E-state index is 0.0122. The normalized spacial score (nSPS) is 20.9. The summed E-state index contributed by atoms with van der Waals surface area (Å²) in [5.41, 5.74) is 0. The van der Waals surface area contributed by atoms with Crippen LogP contribution in [0.25, 0.3) is 0 Å². The van der Waals surface area contributed by atoms with Crippen LogP contribution in [0, 0.1) is 0 Å². The van der Waals surface area contributed by atoms with Gasteiger partial charge in [0.05, 0.1) is 19.3 Å². The van der Waals surface area contributed by atoms with Crippen molar-refractivity contribution < 1.29 is 14.3 Å². The molecule has 1 rings (SSSR count). The molecule has 1 unspecified atom stereocenters. The van der Waals surface area contributed by atoms with Gasteiger partial charge in [0.1, 0.15) is 0 Å². The van der Waals surface area contributed by atoms with E-state index in [9.17, 15) is 4.79 Å². The molecule has 0 spiro atoms. The molecule has 1 N–H and O–H groups in total. The maximum absolute atomic E-state index is 11.9. The van der Waals surface area contributed by atoms with Crippen molar-refractivity contribution in [3.8, 4) is 0 Å². The summed E-state index contributed by atoms with van der Waals surface area (Å²) in [4.78, 5) is 13.9. The van der Waals surface area contributed by atoms with E-state index in [1.54, 1.807) is 7.11 Å². The number of ether oxygens (including phenoxy) is 2. The molecule has 5 heteroatoms. The lowest BCUT2D eigenvalue weighted by molar-refractivity contribution is -0.135.